The average Bonchev–Trinajstić information content (AvgIpc) is 2.47. The molecule has 0 spiro atoms. The van der Waals surface area contributed by atoms with Crippen LogP contribution in [-0.4, -0.2) is 16.6 Å². The van der Waals surface area contributed by atoms with E-state index in [1.807, 2.05) is 58.0 Å². The van der Waals surface area contributed by atoms with Gasteiger partial charge in [-0.25, -0.2) is 0 Å². The van der Waals surface area contributed by atoms with Gasteiger partial charge < -0.3 is 5.11 Å². The van der Waals surface area contributed by atoms with Crippen LogP contribution in [0.2, 0.25) is 0 Å². The van der Waals surface area contributed by atoms with Crippen molar-refractivity contribution in [2.75, 3.05) is 4.90 Å². The highest BCUT2D eigenvalue weighted by Gasteiger charge is 2.36. The maximum absolute atomic E-state index is 13.1. The van der Waals surface area contributed by atoms with Gasteiger partial charge in [0.05, 0.1) is 11.2 Å². The molecule has 0 unspecified atom stereocenters. The van der Waals surface area contributed by atoms with E-state index in [-0.39, 0.29) is 11.7 Å². The number of phenolic OH excluding ortho intramolecular Hbond substituents is 1. The van der Waals surface area contributed by atoms with Crippen LogP contribution in [0.5, 0.6) is 5.75 Å². The molecule has 1 aliphatic rings. The number of nitrogens with zero attached hydrogens (tertiary/aromatic N) is 1. The highest BCUT2D eigenvalue weighted by Crippen LogP contribution is 2.41. The zero-order valence-corrected chi connectivity index (χ0v) is 13.9. The summed E-state index contributed by atoms with van der Waals surface area (Å²) in [6.07, 6.45) is 2.07. The first-order valence-corrected chi connectivity index (χ1v) is 7.74. The van der Waals surface area contributed by atoms with Crippen LogP contribution in [0.15, 0.2) is 48.5 Å². The van der Waals surface area contributed by atoms with Crippen molar-refractivity contribution in [2.45, 2.75) is 33.2 Å². The van der Waals surface area contributed by atoms with Crippen molar-refractivity contribution < 1.29 is 9.90 Å². The third kappa shape index (κ3) is 2.63. The molecule has 1 amide bonds. The Morgan fingerprint density at radius 2 is 1.70 bits per heavy atom. The fourth-order valence-corrected chi connectivity index (χ4v) is 3.21. The maximum atomic E-state index is 13.1. The predicted octanol–water partition coefficient (Wildman–Crippen LogP) is 4.54. The molecule has 1 aliphatic heterocycles. The van der Waals surface area contributed by atoms with E-state index in [9.17, 15) is 9.90 Å². The average molecular weight is 307 g/mol. The van der Waals surface area contributed by atoms with Crippen molar-refractivity contribution >= 4 is 17.2 Å². The molecule has 23 heavy (non-hydrogen) atoms. The summed E-state index contributed by atoms with van der Waals surface area (Å²) >= 11 is 0. The molecular formula is C20H21NO2. The van der Waals surface area contributed by atoms with Crippen molar-refractivity contribution in [3.8, 4) is 5.75 Å². The molecule has 118 valence electrons. The minimum atomic E-state index is -0.434. The quantitative estimate of drug-likeness (QED) is 0.840. The minimum Gasteiger partial charge on any atom is -0.508 e. The SMILES string of the molecule is CC1=CC(C)(C)N(C(=O)c2ccc(C)cc2)c2ccc(O)cc21. The van der Waals surface area contributed by atoms with E-state index < -0.39 is 5.54 Å². The number of benzene rings is 2. The van der Waals surface area contributed by atoms with E-state index >= 15 is 0 Å². The summed E-state index contributed by atoms with van der Waals surface area (Å²) in [6, 6.07) is 12.8. The predicted molar refractivity (Wildman–Crippen MR) is 93.8 cm³/mol. The molecule has 1 N–H and O–H groups in total. The zero-order valence-electron chi connectivity index (χ0n) is 13.9. The molecule has 2 aromatic rings. The summed E-state index contributed by atoms with van der Waals surface area (Å²) in [6.45, 7) is 8.06. The number of hydrogen-bond acceptors (Lipinski definition) is 2. The topological polar surface area (TPSA) is 40.5 Å². The summed E-state index contributed by atoms with van der Waals surface area (Å²) in [5.41, 5.74) is 4.14. The second kappa shape index (κ2) is 5.27. The first-order chi connectivity index (χ1) is 10.8. The van der Waals surface area contributed by atoms with Crippen molar-refractivity contribution in [1.82, 2.24) is 0 Å². The van der Waals surface area contributed by atoms with Crippen LogP contribution >= 0.6 is 0 Å². The number of hydrogen-bond donors (Lipinski definition) is 1. The molecule has 0 saturated heterocycles. The summed E-state index contributed by atoms with van der Waals surface area (Å²) in [4.78, 5) is 14.9. The van der Waals surface area contributed by atoms with Crippen LogP contribution in [0.25, 0.3) is 5.57 Å². The van der Waals surface area contributed by atoms with Crippen molar-refractivity contribution in [2.24, 2.45) is 0 Å². The molecule has 3 nitrogen and oxygen atoms in total. The highest BCUT2D eigenvalue weighted by atomic mass is 16.3. The lowest BCUT2D eigenvalue weighted by Gasteiger charge is -2.41. The summed E-state index contributed by atoms with van der Waals surface area (Å²) in [5, 5.41) is 9.78. The Balaban J connectivity index is 2.14. The van der Waals surface area contributed by atoms with Gasteiger partial charge >= 0.3 is 0 Å². The Labute approximate surface area is 136 Å². The van der Waals surface area contributed by atoms with Gasteiger partial charge in [0, 0.05) is 11.1 Å². The number of aryl methyl sites for hydroxylation is 1. The van der Waals surface area contributed by atoms with E-state index in [1.165, 1.54) is 0 Å². The lowest BCUT2D eigenvalue weighted by Crippen LogP contribution is -2.49. The number of phenols is 1. The lowest BCUT2D eigenvalue weighted by atomic mass is 9.88. The van der Waals surface area contributed by atoms with Gasteiger partial charge in [0.15, 0.2) is 0 Å². The third-order valence-corrected chi connectivity index (χ3v) is 4.29. The molecule has 1 heterocycles. The molecule has 2 aromatic carbocycles. The van der Waals surface area contributed by atoms with Crippen LogP contribution in [0.4, 0.5) is 5.69 Å². The van der Waals surface area contributed by atoms with Crippen LogP contribution in [0, 0.1) is 6.92 Å². The Bertz CT molecular complexity index is 801. The second-order valence-electron chi connectivity index (χ2n) is 6.69. The van der Waals surface area contributed by atoms with Crippen LogP contribution in [-0.2, 0) is 0 Å². The number of aromatic hydroxyl groups is 1. The molecule has 3 rings (SSSR count). The molecule has 0 atom stereocenters. The second-order valence-corrected chi connectivity index (χ2v) is 6.69. The zero-order chi connectivity index (χ0) is 16.8. The number of anilines is 1. The fraction of sp³-hybridized carbons (Fsp3) is 0.250. The molecule has 0 saturated carbocycles. The van der Waals surface area contributed by atoms with E-state index in [0.29, 0.717) is 5.56 Å². The van der Waals surface area contributed by atoms with Gasteiger partial charge in [-0.15, -0.1) is 0 Å². The molecule has 0 fully saturated rings. The van der Waals surface area contributed by atoms with Crippen LogP contribution < -0.4 is 4.90 Å². The van der Waals surface area contributed by atoms with E-state index in [4.69, 9.17) is 0 Å². The summed E-state index contributed by atoms with van der Waals surface area (Å²) < 4.78 is 0. The van der Waals surface area contributed by atoms with Crippen LogP contribution in [0.1, 0.15) is 42.3 Å². The molecule has 3 heteroatoms. The lowest BCUT2D eigenvalue weighted by molar-refractivity contribution is 0.0970. The van der Waals surface area contributed by atoms with Gasteiger partial charge in [-0.1, -0.05) is 23.8 Å². The number of rotatable bonds is 1. The van der Waals surface area contributed by atoms with Gasteiger partial charge in [-0.05, 0) is 63.6 Å². The number of allylic oxidation sites excluding steroid dienone is 1. The molecule has 0 radical (unpaired) electrons. The van der Waals surface area contributed by atoms with Crippen molar-refractivity contribution in [3.05, 3.63) is 65.2 Å². The molecule has 0 aliphatic carbocycles. The Hall–Kier alpha value is -2.55. The standard InChI is InChI=1S/C20H21NO2/c1-13-5-7-15(8-6-13)19(23)21-18-10-9-16(22)11-17(18)14(2)12-20(21,3)4/h5-12,22H,1-4H3. The van der Waals surface area contributed by atoms with Gasteiger partial charge in [0.1, 0.15) is 5.75 Å². The maximum Gasteiger partial charge on any atom is 0.259 e. The van der Waals surface area contributed by atoms with Crippen LogP contribution in [0.3, 0.4) is 0 Å². The Morgan fingerprint density at radius 1 is 1.04 bits per heavy atom. The van der Waals surface area contributed by atoms with Crippen molar-refractivity contribution in [1.29, 1.82) is 0 Å². The van der Waals surface area contributed by atoms with Crippen molar-refractivity contribution in [3.63, 3.8) is 0 Å². The summed E-state index contributed by atoms with van der Waals surface area (Å²) in [5.74, 6) is 0.171. The Kier molecular flexibility index (Phi) is 3.52. The Morgan fingerprint density at radius 3 is 2.35 bits per heavy atom. The summed E-state index contributed by atoms with van der Waals surface area (Å²) in [7, 11) is 0. The number of carbonyl (C=O) groups is 1. The van der Waals surface area contributed by atoms with E-state index in [1.54, 1.807) is 17.0 Å². The minimum absolute atomic E-state index is 0.0364. The van der Waals surface area contributed by atoms with Gasteiger partial charge in [0.25, 0.3) is 5.91 Å². The van der Waals surface area contributed by atoms with E-state index in [0.717, 1.165) is 22.4 Å². The molecular weight excluding hydrogens is 286 g/mol. The molecule has 0 aromatic heterocycles. The normalized spacial score (nSPS) is 15.8. The van der Waals surface area contributed by atoms with Gasteiger partial charge in [0.2, 0.25) is 0 Å². The van der Waals surface area contributed by atoms with Gasteiger partial charge in [-0.2, -0.15) is 0 Å². The number of fused-ring (bicyclic) bond motifs is 1. The first kappa shape index (κ1) is 15.3. The largest absolute Gasteiger partial charge is 0.508 e. The first-order valence-electron chi connectivity index (χ1n) is 7.74. The number of carbonyl (C=O) groups excluding carboxylic acids is 1. The smallest absolute Gasteiger partial charge is 0.259 e. The molecule has 0 bridgehead atoms. The van der Waals surface area contributed by atoms with Gasteiger partial charge in [-0.3, -0.25) is 9.69 Å². The fourth-order valence-electron chi connectivity index (χ4n) is 3.21. The third-order valence-electron chi connectivity index (χ3n) is 4.29. The highest BCUT2D eigenvalue weighted by molar-refractivity contribution is 6.09. The van der Waals surface area contributed by atoms with E-state index in [2.05, 4.69) is 6.08 Å². The monoisotopic (exact) mass is 307 g/mol. The number of amides is 1.